The van der Waals surface area contributed by atoms with E-state index in [-0.39, 0.29) is 12.4 Å². The third-order valence-corrected chi connectivity index (χ3v) is 2.81. The van der Waals surface area contributed by atoms with Crippen molar-refractivity contribution in [3.8, 4) is 5.75 Å². The zero-order chi connectivity index (χ0) is 9.26. The second-order valence-corrected chi connectivity index (χ2v) is 3.66. The number of phenols is 1. The van der Waals surface area contributed by atoms with Crippen LogP contribution in [0.25, 0.3) is 10.1 Å². The van der Waals surface area contributed by atoms with Crippen molar-refractivity contribution in [2.45, 2.75) is 6.61 Å². The molecule has 1 aromatic heterocycles. The molecular weight excluding hydrogens is 186 g/mol. The van der Waals surface area contributed by atoms with Crippen LogP contribution in [-0.2, 0) is 11.4 Å². The Morgan fingerprint density at radius 1 is 1.38 bits per heavy atom. The molecule has 0 amide bonds. The highest BCUT2D eigenvalue weighted by Crippen LogP contribution is 2.32. The molecule has 3 N–H and O–H groups in total. The molecule has 68 valence electrons. The first-order valence-corrected chi connectivity index (χ1v) is 4.70. The van der Waals surface area contributed by atoms with Crippen LogP contribution >= 0.6 is 11.3 Å². The topological polar surface area (TPSA) is 55.5 Å². The number of phenolic OH excluding ortho intramolecular Hbond substituents is 1. The Morgan fingerprint density at radius 3 is 3.00 bits per heavy atom. The van der Waals surface area contributed by atoms with E-state index in [9.17, 15) is 5.11 Å². The molecule has 0 unspecified atom stereocenters. The molecular formula is C9H9NO2S. The van der Waals surface area contributed by atoms with Crippen LogP contribution < -0.4 is 5.90 Å². The molecule has 0 saturated heterocycles. The van der Waals surface area contributed by atoms with Gasteiger partial charge in [0.2, 0.25) is 0 Å². The van der Waals surface area contributed by atoms with Crippen LogP contribution in [0.15, 0.2) is 23.6 Å². The number of aromatic hydroxyl groups is 1. The summed E-state index contributed by atoms with van der Waals surface area (Å²) < 4.78 is 1.07. The Kier molecular flexibility index (Phi) is 2.18. The van der Waals surface area contributed by atoms with Crippen LogP contribution in [0.2, 0.25) is 0 Å². The molecule has 2 rings (SSSR count). The van der Waals surface area contributed by atoms with E-state index in [1.165, 1.54) is 0 Å². The van der Waals surface area contributed by atoms with E-state index in [0.29, 0.717) is 5.56 Å². The van der Waals surface area contributed by atoms with Gasteiger partial charge in [-0.3, -0.25) is 4.84 Å². The molecule has 2 aromatic rings. The molecule has 0 radical (unpaired) electrons. The lowest BCUT2D eigenvalue weighted by Gasteiger charge is -2.03. The SMILES string of the molecule is NOCc1ccc2sccc2c1O. The largest absolute Gasteiger partial charge is 0.507 e. The maximum absolute atomic E-state index is 9.74. The number of rotatable bonds is 2. The molecule has 1 heterocycles. The van der Waals surface area contributed by atoms with Gasteiger partial charge in [0, 0.05) is 15.6 Å². The van der Waals surface area contributed by atoms with E-state index >= 15 is 0 Å². The minimum Gasteiger partial charge on any atom is -0.507 e. The lowest BCUT2D eigenvalue weighted by atomic mass is 10.1. The van der Waals surface area contributed by atoms with Crippen molar-refractivity contribution >= 4 is 21.4 Å². The summed E-state index contributed by atoms with van der Waals surface area (Å²) in [6, 6.07) is 5.66. The highest BCUT2D eigenvalue weighted by molar-refractivity contribution is 7.17. The Morgan fingerprint density at radius 2 is 2.23 bits per heavy atom. The normalized spacial score (nSPS) is 10.8. The van der Waals surface area contributed by atoms with Crippen LogP contribution in [-0.4, -0.2) is 5.11 Å². The van der Waals surface area contributed by atoms with Crippen LogP contribution in [0.1, 0.15) is 5.56 Å². The van der Waals surface area contributed by atoms with Crippen LogP contribution in [0.3, 0.4) is 0 Å². The smallest absolute Gasteiger partial charge is 0.129 e. The van der Waals surface area contributed by atoms with Gasteiger partial charge in [0.1, 0.15) is 5.75 Å². The fourth-order valence-corrected chi connectivity index (χ4v) is 2.07. The van der Waals surface area contributed by atoms with E-state index < -0.39 is 0 Å². The Hall–Kier alpha value is -1.10. The lowest BCUT2D eigenvalue weighted by Crippen LogP contribution is -1.98. The van der Waals surface area contributed by atoms with E-state index in [1.54, 1.807) is 11.3 Å². The van der Waals surface area contributed by atoms with Gasteiger partial charge in [-0.05, 0) is 17.5 Å². The van der Waals surface area contributed by atoms with Gasteiger partial charge in [-0.25, -0.2) is 5.90 Å². The molecule has 0 aliphatic heterocycles. The van der Waals surface area contributed by atoms with Crippen molar-refractivity contribution in [3.05, 3.63) is 29.1 Å². The summed E-state index contributed by atoms with van der Waals surface area (Å²) in [5.41, 5.74) is 0.716. The summed E-state index contributed by atoms with van der Waals surface area (Å²) in [4.78, 5) is 4.48. The molecule has 3 nitrogen and oxygen atoms in total. The number of fused-ring (bicyclic) bond motifs is 1. The van der Waals surface area contributed by atoms with Gasteiger partial charge in [0.15, 0.2) is 0 Å². The molecule has 0 bridgehead atoms. The minimum atomic E-state index is 0.234. The molecule has 0 atom stereocenters. The van der Waals surface area contributed by atoms with Gasteiger partial charge in [0.25, 0.3) is 0 Å². The van der Waals surface area contributed by atoms with Gasteiger partial charge < -0.3 is 5.11 Å². The summed E-state index contributed by atoms with van der Waals surface area (Å²) in [6.07, 6.45) is 0. The first-order chi connectivity index (χ1) is 6.33. The zero-order valence-corrected chi connectivity index (χ0v) is 7.67. The Bertz CT molecular complexity index is 424. The van der Waals surface area contributed by atoms with Gasteiger partial charge >= 0.3 is 0 Å². The van der Waals surface area contributed by atoms with E-state index in [2.05, 4.69) is 4.84 Å². The summed E-state index contributed by atoms with van der Waals surface area (Å²) in [7, 11) is 0. The predicted molar refractivity (Wildman–Crippen MR) is 52.5 cm³/mol. The summed E-state index contributed by atoms with van der Waals surface area (Å²) in [5, 5.41) is 12.5. The van der Waals surface area contributed by atoms with Crippen molar-refractivity contribution in [3.63, 3.8) is 0 Å². The molecule has 13 heavy (non-hydrogen) atoms. The zero-order valence-electron chi connectivity index (χ0n) is 6.86. The van der Waals surface area contributed by atoms with Gasteiger partial charge in [-0.1, -0.05) is 6.07 Å². The molecule has 1 aromatic carbocycles. The monoisotopic (exact) mass is 195 g/mol. The van der Waals surface area contributed by atoms with Gasteiger partial charge in [-0.15, -0.1) is 11.3 Å². The molecule has 0 aliphatic rings. The Balaban J connectivity index is 2.59. The standard InChI is InChI=1S/C9H9NO2S/c10-12-5-6-1-2-8-7(9(6)11)3-4-13-8/h1-4,11H,5,10H2. The Labute approximate surface area is 79.3 Å². The highest BCUT2D eigenvalue weighted by atomic mass is 32.1. The van der Waals surface area contributed by atoms with Crippen LogP contribution in [0.5, 0.6) is 5.75 Å². The summed E-state index contributed by atoms with van der Waals surface area (Å²) in [6.45, 7) is 0.234. The van der Waals surface area contributed by atoms with Crippen molar-refractivity contribution < 1.29 is 9.94 Å². The highest BCUT2D eigenvalue weighted by Gasteiger charge is 2.06. The lowest BCUT2D eigenvalue weighted by molar-refractivity contribution is 0.122. The van der Waals surface area contributed by atoms with E-state index in [0.717, 1.165) is 10.1 Å². The molecule has 4 heteroatoms. The first-order valence-electron chi connectivity index (χ1n) is 3.82. The maximum atomic E-state index is 9.74. The summed E-state index contributed by atoms with van der Waals surface area (Å²) in [5.74, 6) is 5.21. The molecule has 0 aliphatic carbocycles. The van der Waals surface area contributed by atoms with Gasteiger partial charge in [0.05, 0.1) is 6.61 Å². The second kappa shape index (κ2) is 3.33. The second-order valence-electron chi connectivity index (χ2n) is 2.72. The van der Waals surface area contributed by atoms with E-state index in [1.807, 2.05) is 23.6 Å². The van der Waals surface area contributed by atoms with Gasteiger partial charge in [-0.2, -0.15) is 0 Å². The number of thiophene rings is 1. The fourth-order valence-electron chi connectivity index (χ4n) is 1.28. The van der Waals surface area contributed by atoms with Crippen molar-refractivity contribution in [1.82, 2.24) is 0 Å². The van der Waals surface area contributed by atoms with Crippen molar-refractivity contribution in [2.75, 3.05) is 0 Å². The fraction of sp³-hybridized carbons (Fsp3) is 0.111. The first kappa shape index (κ1) is 8.50. The molecule has 0 fully saturated rings. The van der Waals surface area contributed by atoms with E-state index in [4.69, 9.17) is 5.90 Å². The number of benzene rings is 1. The van der Waals surface area contributed by atoms with Crippen LogP contribution in [0, 0.1) is 0 Å². The number of nitrogens with two attached hydrogens (primary N) is 1. The van der Waals surface area contributed by atoms with Crippen LogP contribution in [0.4, 0.5) is 0 Å². The number of hydrogen-bond acceptors (Lipinski definition) is 4. The quantitative estimate of drug-likeness (QED) is 0.720. The third-order valence-electron chi connectivity index (χ3n) is 1.93. The average molecular weight is 195 g/mol. The third kappa shape index (κ3) is 1.39. The van der Waals surface area contributed by atoms with Crippen molar-refractivity contribution in [1.29, 1.82) is 0 Å². The van der Waals surface area contributed by atoms with Crippen molar-refractivity contribution in [2.24, 2.45) is 5.90 Å². The number of hydrogen-bond donors (Lipinski definition) is 2. The molecule has 0 saturated carbocycles. The maximum Gasteiger partial charge on any atom is 0.129 e. The molecule has 0 spiro atoms. The summed E-state index contributed by atoms with van der Waals surface area (Å²) >= 11 is 1.60. The predicted octanol–water partition coefficient (Wildman–Crippen LogP) is 2.00. The average Bonchev–Trinajstić information content (AvgIpc) is 2.58. The minimum absolute atomic E-state index is 0.234.